The van der Waals surface area contributed by atoms with Crippen LogP contribution in [0.3, 0.4) is 0 Å². The summed E-state index contributed by atoms with van der Waals surface area (Å²) in [6.45, 7) is 3.84. The molecule has 0 radical (unpaired) electrons. The molecule has 3 atom stereocenters. The monoisotopic (exact) mass is 416 g/mol. The van der Waals surface area contributed by atoms with Crippen molar-refractivity contribution in [1.82, 2.24) is 14.3 Å². The molecule has 2 aromatic heterocycles. The van der Waals surface area contributed by atoms with Crippen LogP contribution in [0, 0.1) is 18.8 Å². The molecule has 3 unspecified atom stereocenters. The average Bonchev–Trinajstić information content (AvgIpc) is 3.22. The number of aromatic nitrogens is 2. The zero-order valence-corrected chi connectivity index (χ0v) is 17.3. The second-order valence-corrected chi connectivity index (χ2v) is 8.15. The maximum absolute atomic E-state index is 12.4. The SMILES string of the molecule is Cc1ccc2nc(CSCC(=O)N3CC4CCC(N)C4C3)cn2c1.Cl.Cl. The number of amides is 1. The second kappa shape index (κ2) is 8.83. The van der Waals surface area contributed by atoms with Crippen molar-refractivity contribution in [2.24, 2.45) is 17.6 Å². The average molecular weight is 417 g/mol. The summed E-state index contributed by atoms with van der Waals surface area (Å²) in [6.07, 6.45) is 6.44. The number of aryl methyl sites for hydroxylation is 1. The molecule has 4 rings (SSSR count). The van der Waals surface area contributed by atoms with Gasteiger partial charge in [-0.3, -0.25) is 4.79 Å². The van der Waals surface area contributed by atoms with E-state index < -0.39 is 0 Å². The summed E-state index contributed by atoms with van der Waals surface area (Å²) in [4.78, 5) is 19.1. The lowest BCUT2D eigenvalue weighted by molar-refractivity contribution is -0.127. The highest BCUT2D eigenvalue weighted by atomic mass is 35.5. The minimum Gasteiger partial charge on any atom is -0.341 e. The molecule has 1 saturated carbocycles. The molecule has 1 amide bonds. The lowest BCUT2D eigenvalue weighted by atomic mass is 9.98. The van der Waals surface area contributed by atoms with Crippen molar-refractivity contribution in [1.29, 1.82) is 0 Å². The van der Waals surface area contributed by atoms with Gasteiger partial charge in [-0.2, -0.15) is 0 Å². The van der Waals surface area contributed by atoms with Crippen LogP contribution in [0.25, 0.3) is 5.65 Å². The Morgan fingerprint density at radius 3 is 2.85 bits per heavy atom. The highest BCUT2D eigenvalue weighted by molar-refractivity contribution is 7.99. The molecule has 0 aromatic carbocycles. The van der Waals surface area contributed by atoms with Crippen LogP contribution in [0.1, 0.15) is 24.1 Å². The van der Waals surface area contributed by atoms with E-state index in [1.54, 1.807) is 11.8 Å². The number of carbonyl (C=O) groups is 1. The van der Waals surface area contributed by atoms with Gasteiger partial charge in [0.25, 0.3) is 0 Å². The van der Waals surface area contributed by atoms with Crippen molar-refractivity contribution in [3.8, 4) is 0 Å². The summed E-state index contributed by atoms with van der Waals surface area (Å²) in [5, 5.41) is 0. The quantitative estimate of drug-likeness (QED) is 0.831. The number of fused-ring (bicyclic) bond motifs is 2. The zero-order chi connectivity index (χ0) is 16.7. The largest absolute Gasteiger partial charge is 0.341 e. The van der Waals surface area contributed by atoms with E-state index in [9.17, 15) is 4.79 Å². The predicted molar refractivity (Wildman–Crippen MR) is 111 cm³/mol. The molecule has 144 valence electrons. The topological polar surface area (TPSA) is 63.6 Å². The minimum atomic E-state index is 0. The van der Waals surface area contributed by atoms with Gasteiger partial charge in [0.05, 0.1) is 11.4 Å². The number of hydrogen-bond donors (Lipinski definition) is 1. The zero-order valence-electron chi connectivity index (χ0n) is 14.8. The molecule has 2 fully saturated rings. The summed E-state index contributed by atoms with van der Waals surface area (Å²) in [5.41, 5.74) is 9.36. The molecule has 2 aliphatic rings. The molecule has 0 bridgehead atoms. The fourth-order valence-electron chi connectivity index (χ4n) is 4.07. The predicted octanol–water partition coefficient (Wildman–Crippen LogP) is 2.92. The number of pyridine rings is 1. The fraction of sp³-hybridized carbons (Fsp3) is 0.556. The molecule has 5 nitrogen and oxygen atoms in total. The third-order valence-electron chi connectivity index (χ3n) is 5.39. The van der Waals surface area contributed by atoms with E-state index in [0.717, 1.165) is 36.6 Å². The van der Waals surface area contributed by atoms with Gasteiger partial charge in [0, 0.05) is 37.3 Å². The first-order valence-corrected chi connectivity index (χ1v) is 9.81. The normalized spacial score (nSPS) is 24.2. The van der Waals surface area contributed by atoms with Gasteiger partial charge in [-0.05, 0) is 43.2 Å². The Kier molecular flexibility index (Phi) is 7.25. The molecule has 3 heterocycles. The van der Waals surface area contributed by atoms with Crippen molar-refractivity contribution in [2.75, 3.05) is 18.8 Å². The third-order valence-corrected chi connectivity index (χ3v) is 6.34. The van der Waals surface area contributed by atoms with Gasteiger partial charge in [0.1, 0.15) is 5.65 Å². The maximum atomic E-state index is 12.4. The molecule has 2 N–H and O–H groups in total. The van der Waals surface area contributed by atoms with E-state index in [1.165, 1.54) is 12.0 Å². The summed E-state index contributed by atoms with van der Waals surface area (Å²) < 4.78 is 2.05. The van der Waals surface area contributed by atoms with Crippen LogP contribution in [0.15, 0.2) is 24.5 Å². The minimum absolute atomic E-state index is 0. The smallest absolute Gasteiger partial charge is 0.232 e. The number of likely N-dealkylation sites (tertiary alicyclic amines) is 1. The van der Waals surface area contributed by atoms with Crippen molar-refractivity contribution < 1.29 is 4.79 Å². The standard InChI is InChI=1S/C18H24N4OS.2ClH/c1-12-2-5-17-20-14(8-21(17)6-12)10-24-11-18(23)22-7-13-3-4-16(19)15(13)9-22;;/h2,5-6,8,13,15-16H,3-4,7,9-11,19H2,1H3;2*1H. The van der Waals surface area contributed by atoms with Crippen LogP contribution in [-0.4, -0.2) is 45.1 Å². The summed E-state index contributed by atoms with van der Waals surface area (Å²) >= 11 is 1.65. The van der Waals surface area contributed by atoms with E-state index in [-0.39, 0.29) is 30.7 Å². The van der Waals surface area contributed by atoms with Crippen molar-refractivity contribution in [2.45, 2.75) is 31.6 Å². The number of nitrogens with zero attached hydrogens (tertiary/aromatic N) is 3. The Balaban J connectivity index is 0.00000121. The number of carbonyl (C=O) groups excluding carboxylic acids is 1. The Hall–Kier alpha value is -0.950. The van der Waals surface area contributed by atoms with Crippen molar-refractivity contribution in [3.05, 3.63) is 35.8 Å². The third kappa shape index (κ3) is 4.30. The molecule has 1 aliphatic heterocycles. The molecule has 0 spiro atoms. The van der Waals surface area contributed by atoms with Crippen LogP contribution < -0.4 is 5.73 Å². The number of thioether (sulfide) groups is 1. The van der Waals surface area contributed by atoms with Crippen LogP contribution in [-0.2, 0) is 10.5 Å². The van der Waals surface area contributed by atoms with E-state index in [2.05, 4.69) is 34.8 Å². The summed E-state index contributed by atoms with van der Waals surface area (Å²) in [5.74, 6) is 2.71. The number of nitrogens with two attached hydrogens (primary N) is 1. The fourth-order valence-corrected chi connectivity index (χ4v) is 4.88. The summed E-state index contributed by atoms with van der Waals surface area (Å²) in [7, 11) is 0. The first-order chi connectivity index (χ1) is 11.6. The first-order valence-electron chi connectivity index (χ1n) is 8.65. The Morgan fingerprint density at radius 1 is 1.27 bits per heavy atom. The van der Waals surface area contributed by atoms with Crippen LogP contribution in [0.2, 0.25) is 0 Å². The number of rotatable bonds is 4. The molecule has 26 heavy (non-hydrogen) atoms. The maximum Gasteiger partial charge on any atom is 0.232 e. The van der Waals surface area contributed by atoms with Gasteiger partial charge in [-0.1, -0.05) is 6.07 Å². The lowest BCUT2D eigenvalue weighted by Gasteiger charge is -2.18. The molecule has 2 aromatic rings. The van der Waals surface area contributed by atoms with Crippen LogP contribution in [0.5, 0.6) is 0 Å². The Labute approximate surface area is 170 Å². The molecular weight excluding hydrogens is 391 g/mol. The highest BCUT2D eigenvalue weighted by Crippen LogP contribution is 2.37. The van der Waals surface area contributed by atoms with E-state index in [0.29, 0.717) is 23.6 Å². The van der Waals surface area contributed by atoms with Crippen LogP contribution in [0.4, 0.5) is 0 Å². The lowest BCUT2D eigenvalue weighted by Crippen LogP contribution is -2.34. The van der Waals surface area contributed by atoms with E-state index in [1.807, 2.05) is 11.0 Å². The van der Waals surface area contributed by atoms with Crippen molar-refractivity contribution >= 4 is 48.1 Å². The molecule has 1 aliphatic carbocycles. The Morgan fingerprint density at radius 2 is 2.08 bits per heavy atom. The second-order valence-electron chi connectivity index (χ2n) is 7.16. The number of hydrogen-bond acceptors (Lipinski definition) is 4. The van der Waals surface area contributed by atoms with Gasteiger partial charge in [-0.15, -0.1) is 36.6 Å². The number of imidazole rings is 1. The molecule has 1 saturated heterocycles. The Bertz CT molecular complexity index is 769. The highest BCUT2D eigenvalue weighted by Gasteiger charge is 2.42. The molecule has 8 heteroatoms. The molecular formula is C18H26Cl2N4OS. The summed E-state index contributed by atoms with van der Waals surface area (Å²) in [6, 6.07) is 4.39. The number of halogens is 2. The van der Waals surface area contributed by atoms with Gasteiger partial charge in [0.15, 0.2) is 0 Å². The van der Waals surface area contributed by atoms with Gasteiger partial charge < -0.3 is 15.0 Å². The van der Waals surface area contributed by atoms with Gasteiger partial charge >= 0.3 is 0 Å². The van der Waals surface area contributed by atoms with E-state index >= 15 is 0 Å². The van der Waals surface area contributed by atoms with Crippen molar-refractivity contribution in [3.63, 3.8) is 0 Å². The van der Waals surface area contributed by atoms with E-state index in [4.69, 9.17) is 5.73 Å². The van der Waals surface area contributed by atoms with Gasteiger partial charge in [0.2, 0.25) is 5.91 Å². The van der Waals surface area contributed by atoms with Gasteiger partial charge in [-0.25, -0.2) is 4.98 Å². The van der Waals surface area contributed by atoms with Crippen LogP contribution >= 0.6 is 36.6 Å². The first kappa shape index (κ1) is 21.4.